The number of aliphatic hydroxyl groups is 1. The van der Waals surface area contributed by atoms with E-state index in [1.165, 1.54) is 22.9 Å². The van der Waals surface area contributed by atoms with Gasteiger partial charge in [0.15, 0.2) is 11.6 Å². The lowest BCUT2D eigenvalue weighted by Crippen LogP contribution is -2.33. The predicted molar refractivity (Wildman–Crippen MR) is 129 cm³/mol. The highest BCUT2D eigenvalue weighted by Gasteiger charge is 2.16. The fourth-order valence-corrected chi connectivity index (χ4v) is 3.13. The molecule has 0 amide bonds. The van der Waals surface area contributed by atoms with Crippen molar-refractivity contribution < 1.29 is 14.2 Å². The second kappa shape index (κ2) is 10.2. The molecular weight excluding hydrogens is 447 g/mol. The summed E-state index contributed by atoms with van der Waals surface area (Å²) in [6.45, 7) is 7.28. The highest BCUT2D eigenvalue weighted by atomic mass is 35.5. The van der Waals surface area contributed by atoms with Gasteiger partial charge in [0.2, 0.25) is 5.95 Å². The van der Waals surface area contributed by atoms with Crippen LogP contribution in [-0.4, -0.2) is 32.9 Å². The number of rotatable bonds is 9. The lowest BCUT2D eigenvalue weighted by molar-refractivity contribution is 0.0945. The third-order valence-electron chi connectivity index (χ3n) is 4.56. The van der Waals surface area contributed by atoms with Crippen molar-refractivity contribution in [1.82, 2.24) is 9.55 Å². The highest BCUT2D eigenvalue weighted by molar-refractivity contribution is 6.30. The van der Waals surface area contributed by atoms with Crippen LogP contribution in [0.3, 0.4) is 0 Å². The van der Waals surface area contributed by atoms with Crippen LogP contribution >= 0.6 is 11.6 Å². The molecule has 3 N–H and O–H groups in total. The summed E-state index contributed by atoms with van der Waals surface area (Å²) in [6.07, 6.45) is 1.23. The summed E-state index contributed by atoms with van der Waals surface area (Å²) in [7, 11) is 0. The number of ether oxygens (including phenoxy) is 1. The van der Waals surface area contributed by atoms with Crippen molar-refractivity contribution in [1.29, 1.82) is 0 Å². The Bertz CT molecular complexity index is 1160. The quantitative estimate of drug-likeness (QED) is 0.413. The molecule has 0 unspecified atom stereocenters. The number of nitrogens with zero attached hydrogens (tertiary/aromatic N) is 2. The van der Waals surface area contributed by atoms with E-state index in [9.17, 15) is 14.3 Å². The molecule has 0 aliphatic carbocycles. The topological polar surface area (TPSA) is 88.4 Å². The Morgan fingerprint density at radius 1 is 1.21 bits per heavy atom. The van der Waals surface area contributed by atoms with Crippen LogP contribution in [0.4, 0.5) is 21.7 Å². The fourth-order valence-electron chi connectivity index (χ4n) is 3.00. The molecule has 0 fully saturated rings. The minimum Gasteiger partial charge on any atom is -0.488 e. The fraction of sp³-hybridized carbons (Fsp3) is 0.333. The summed E-state index contributed by atoms with van der Waals surface area (Å²) < 4.78 is 21.3. The van der Waals surface area contributed by atoms with Gasteiger partial charge in [0, 0.05) is 23.3 Å². The first-order chi connectivity index (χ1) is 15.5. The molecule has 0 radical (unpaired) electrons. The largest absolute Gasteiger partial charge is 0.488 e. The molecule has 0 aliphatic heterocycles. The summed E-state index contributed by atoms with van der Waals surface area (Å²) in [5.41, 5.74) is 0.132. The Labute approximate surface area is 197 Å². The first-order valence-corrected chi connectivity index (χ1v) is 10.9. The van der Waals surface area contributed by atoms with Crippen LogP contribution in [0.1, 0.15) is 33.3 Å². The third kappa shape index (κ3) is 6.94. The van der Waals surface area contributed by atoms with Gasteiger partial charge in [-0.1, -0.05) is 23.7 Å². The molecule has 3 rings (SSSR count). The Hall–Kier alpha value is -3.10. The van der Waals surface area contributed by atoms with Crippen LogP contribution in [0.2, 0.25) is 5.02 Å². The van der Waals surface area contributed by atoms with E-state index >= 15 is 0 Å². The van der Waals surface area contributed by atoms with Gasteiger partial charge >= 0.3 is 0 Å². The van der Waals surface area contributed by atoms with Gasteiger partial charge in [-0.05, 0) is 57.5 Å². The molecule has 0 saturated carbocycles. The van der Waals surface area contributed by atoms with E-state index in [1.807, 2.05) is 26.0 Å². The monoisotopic (exact) mass is 474 g/mol. The smallest absolute Gasteiger partial charge is 0.278 e. The summed E-state index contributed by atoms with van der Waals surface area (Å²) in [4.78, 5) is 17.6. The van der Waals surface area contributed by atoms with Gasteiger partial charge in [-0.3, -0.25) is 9.36 Å². The molecule has 9 heteroatoms. The highest BCUT2D eigenvalue weighted by Crippen LogP contribution is 2.24. The van der Waals surface area contributed by atoms with Crippen LogP contribution < -0.4 is 20.9 Å². The summed E-state index contributed by atoms with van der Waals surface area (Å²) in [5, 5.41) is 16.5. The molecule has 0 aliphatic rings. The van der Waals surface area contributed by atoms with Crippen molar-refractivity contribution in [3.63, 3.8) is 0 Å². The van der Waals surface area contributed by atoms with E-state index in [0.29, 0.717) is 10.7 Å². The zero-order chi connectivity index (χ0) is 24.2. The molecule has 0 saturated heterocycles. The van der Waals surface area contributed by atoms with Gasteiger partial charge in [-0.2, -0.15) is 0 Å². The van der Waals surface area contributed by atoms with Crippen molar-refractivity contribution in [3.05, 3.63) is 75.4 Å². The molecular formula is C24H28ClFN4O3. The normalized spacial score (nSPS) is 11.5. The molecule has 33 heavy (non-hydrogen) atoms. The maximum Gasteiger partial charge on any atom is 0.278 e. The number of nitrogens with one attached hydrogen (secondary N) is 2. The average Bonchev–Trinajstić information content (AvgIpc) is 2.72. The average molecular weight is 475 g/mol. The van der Waals surface area contributed by atoms with Crippen molar-refractivity contribution in [2.75, 3.05) is 17.2 Å². The lowest BCUT2D eigenvalue weighted by atomic mass is 10.1. The number of hydrogen-bond acceptors (Lipinski definition) is 6. The van der Waals surface area contributed by atoms with Gasteiger partial charge in [0.25, 0.3) is 5.56 Å². The van der Waals surface area contributed by atoms with Crippen LogP contribution in [-0.2, 0) is 6.54 Å². The number of halogens is 2. The molecule has 0 spiro atoms. The molecule has 3 aromatic rings. The Kier molecular flexibility index (Phi) is 7.61. The maximum atomic E-state index is 14.5. The summed E-state index contributed by atoms with van der Waals surface area (Å²) in [5.74, 6) is -0.141. The van der Waals surface area contributed by atoms with E-state index in [0.717, 1.165) is 5.56 Å². The first kappa shape index (κ1) is 24.5. The van der Waals surface area contributed by atoms with Gasteiger partial charge in [0.05, 0.1) is 24.4 Å². The van der Waals surface area contributed by atoms with Gasteiger partial charge in [0.1, 0.15) is 5.69 Å². The molecule has 1 heterocycles. The number of benzene rings is 2. The van der Waals surface area contributed by atoms with Gasteiger partial charge < -0.3 is 20.5 Å². The van der Waals surface area contributed by atoms with E-state index in [1.54, 1.807) is 32.0 Å². The van der Waals surface area contributed by atoms with Crippen molar-refractivity contribution in [2.24, 2.45) is 0 Å². The number of anilines is 3. The maximum absolute atomic E-state index is 14.5. The number of hydrogen-bond donors (Lipinski definition) is 3. The minimum atomic E-state index is -1.01. The van der Waals surface area contributed by atoms with Crippen LogP contribution in [0.25, 0.3) is 0 Å². The van der Waals surface area contributed by atoms with E-state index in [4.69, 9.17) is 16.3 Å². The second-order valence-electron chi connectivity index (χ2n) is 8.62. The van der Waals surface area contributed by atoms with Crippen LogP contribution in [0, 0.1) is 5.82 Å². The van der Waals surface area contributed by atoms with E-state index < -0.39 is 11.4 Å². The Balaban J connectivity index is 1.95. The lowest BCUT2D eigenvalue weighted by Gasteiger charge is -2.20. The Morgan fingerprint density at radius 2 is 1.91 bits per heavy atom. The summed E-state index contributed by atoms with van der Waals surface area (Å²) >= 11 is 5.98. The standard InChI is InChI=1S/C24H28ClFN4O3/c1-15(2)33-21-10-9-18(11-19(21)26)29-23-27-12-20(28-14-24(3,4)32)22(31)30(23)13-16-5-7-17(25)8-6-16/h5-12,15,28,32H,13-14H2,1-4H3,(H,27,29). The van der Waals surface area contributed by atoms with Crippen molar-refractivity contribution in [3.8, 4) is 5.75 Å². The molecule has 176 valence electrons. The third-order valence-corrected chi connectivity index (χ3v) is 4.82. The van der Waals surface area contributed by atoms with Gasteiger partial charge in [-0.25, -0.2) is 9.37 Å². The zero-order valence-electron chi connectivity index (χ0n) is 19.0. The second-order valence-corrected chi connectivity index (χ2v) is 9.05. The molecule has 7 nitrogen and oxygen atoms in total. The summed E-state index contributed by atoms with van der Waals surface area (Å²) in [6, 6.07) is 11.6. The van der Waals surface area contributed by atoms with Gasteiger partial charge in [-0.15, -0.1) is 0 Å². The molecule has 2 aromatic carbocycles. The minimum absolute atomic E-state index is 0.147. The van der Waals surface area contributed by atoms with Crippen molar-refractivity contribution in [2.45, 2.75) is 45.9 Å². The van der Waals surface area contributed by atoms with E-state index in [2.05, 4.69) is 15.6 Å². The van der Waals surface area contributed by atoms with E-state index in [-0.39, 0.29) is 42.1 Å². The predicted octanol–water partition coefficient (Wildman–Crippen LogP) is 4.80. The molecule has 0 atom stereocenters. The van der Waals surface area contributed by atoms with Crippen LogP contribution in [0.5, 0.6) is 5.75 Å². The Morgan fingerprint density at radius 3 is 2.52 bits per heavy atom. The molecule has 1 aromatic heterocycles. The zero-order valence-corrected chi connectivity index (χ0v) is 19.8. The first-order valence-electron chi connectivity index (χ1n) is 10.6. The SMILES string of the molecule is CC(C)Oc1ccc(Nc2ncc(NCC(C)(C)O)c(=O)n2Cc2ccc(Cl)cc2)cc1F. The molecule has 0 bridgehead atoms. The number of aromatic nitrogens is 2. The van der Waals surface area contributed by atoms with Crippen molar-refractivity contribution >= 4 is 28.9 Å². The van der Waals surface area contributed by atoms with Crippen LogP contribution in [0.15, 0.2) is 53.5 Å².